The van der Waals surface area contributed by atoms with Gasteiger partial charge in [-0.05, 0) is 42.5 Å². The van der Waals surface area contributed by atoms with E-state index >= 15 is 0 Å². The Morgan fingerprint density at radius 2 is 1.29 bits per heavy atom. The molecule has 0 saturated heterocycles. The molecule has 0 radical (unpaired) electrons. The maximum atomic E-state index is 11.0. The topological polar surface area (TPSA) is 125 Å². The van der Waals surface area contributed by atoms with Gasteiger partial charge in [0.05, 0.1) is 22.5 Å². The lowest BCUT2D eigenvalue weighted by Crippen LogP contribution is -2.01. The van der Waals surface area contributed by atoms with E-state index in [-0.39, 0.29) is 16.8 Å². The molecule has 0 aliphatic rings. The summed E-state index contributed by atoms with van der Waals surface area (Å²) < 4.78 is 0. The highest BCUT2D eigenvalue weighted by Gasteiger charge is 2.11. The van der Waals surface area contributed by atoms with Crippen molar-refractivity contribution in [1.82, 2.24) is 0 Å². The van der Waals surface area contributed by atoms with E-state index in [1.807, 2.05) is 0 Å². The monoisotopic (exact) mass is 285 g/mol. The molecule has 7 nitrogen and oxygen atoms in total. The average molecular weight is 285 g/mol. The number of benzene rings is 2. The molecule has 0 unspecified atom stereocenters. The van der Waals surface area contributed by atoms with E-state index in [0.29, 0.717) is 11.4 Å². The van der Waals surface area contributed by atoms with E-state index < -0.39 is 11.9 Å². The third-order valence-corrected chi connectivity index (χ3v) is 2.59. The smallest absolute Gasteiger partial charge is 0.335 e. The molecule has 2 aromatic carbocycles. The molecule has 7 heteroatoms. The third kappa shape index (κ3) is 3.63. The van der Waals surface area contributed by atoms with Gasteiger partial charge in [-0.3, -0.25) is 0 Å². The summed E-state index contributed by atoms with van der Waals surface area (Å²) in [5.41, 5.74) is 6.44. The molecule has 2 rings (SSSR count). The normalized spacial score (nSPS) is 10.7. The van der Waals surface area contributed by atoms with Crippen LogP contribution in [0, 0.1) is 0 Å². The molecule has 0 amide bonds. The number of rotatable bonds is 4. The quantitative estimate of drug-likeness (QED) is 0.587. The summed E-state index contributed by atoms with van der Waals surface area (Å²) in [4.78, 5) is 21.9. The van der Waals surface area contributed by atoms with Crippen molar-refractivity contribution < 1.29 is 19.8 Å². The molecule has 0 bridgehead atoms. The van der Waals surface area contributed by atoms with Crippen molar-refractivity contribution in [1.29, 1.82) is 0 Å². The van der Waals surface area contributed by atoms with Crippen molar-refractivity contribution in [3.8, 4) is 0 Å². The van der Waals surface area contributed by atoms with Crippen molar-refractivity contribution >= 4 is 29.0 Å². The Morgan fingerprint density at radius 3 is 1.76 bits per heavy atom. The van der Waals surface area contributed by atoms with Crippen LogP contribution in [-0.2, 0) is 0 Å². The first-order chi connectivity index (χ1) is 9.95. The summed E-state index contributed by atoms with van der Waals surface area (Å²) >= 11 is 0. The van der Waals surface area contributed by atoms with Crippen LogP contribution < -0.4 is 5.73 Å². The molecule has 0 heterocycles. The second kappa shape index (κ2) is 5.83. The van der Waals surface area contributed by atoms with Crippen LogP contribution in [0.3, 0.4) is 0 Å². The maximum absolute atomic E-state index is 11.0. The van der Waals surface area contributed by atoms with Crippen molar-refractivity contribution in [3.63, 3.8) is 0 Å². The minimum Gasteiger partial charge on any atom is -0.478 e. The van der Waals surface area contributed by atoms with Crippen molar-refractivity contribution in [2.75, 3.05) is 5.73 Å². The fourth-order valence-corrected chi connectivity index (χ4v) is 1.57. The number of carbonyl (C=O) groups is 2. The Balaban J connectivity index is 2.36. The number of nitrogens with zero attached hydrogens (tertiary/aromatic N) is 2. The minimum atomic E-state index is -1.23. The molecule has 0 atom stereocenters. The molecule has 0 aliphatic carbocycles. The highest BCUT2D eigenvalue weighted by Crippen LogP contribution is 2.22. The molecular weight excluding hydrogens is 274 g/mol. The van der Waals surface area contributed by atoms with E-state index in [1.54, 1.807) is 24.3 Å². The van der Waals surface area contributed by atoms with E-state index in [4.69, 9.17) is 15.9 Å². The first-order valence-electron chi connectivity index (χ1n) is 5.84. The molecule has 0 fully saturated rings. The van der Waals surface area contributed by atoms with Gasteiger partial charge in [0.1, 0.15) is 0 Å². The maximum Gasteiger partial charge on any atom is 0.335 e. The Morgan fingerprint density at radius 1 is 0.810 bits per heavy atom. The molecule has 0 saturated carbocycles. The predicted octanol–water partition coefficient (Wildman–Crippen LogP) is 3.08. The third-order valence-electron chi connectivity index (χ3n) is 2.59. The second-order valence-electron chi connectivity index (χ2n) is 4.17. The summed E-state index contributed by atoms with van der Waals surface area (Å²) in [7, 11) is 0. The van der Waals surface area contributed by atoms with Crippen LogP contribution >= 0.6 is 0 Å². The van der Waals surface area contributed by atoms with E-state index in [9.17, 15) is 9.59 Å². The first-order valence-corrected chi connectivity index (χ1v) is 5.84. The van der Waals surface area contributed by atoms with E-state index in [2.05, 4.69) is 10.2 Å². The molecule has 4 N–H and O–H groups in total. The van der Waals surface area contributed by atoms with Crippen LogP contribution in [0.2, 0.25) is 0 Å². The number of nitrogen functional groups attached to an aromatic ring is 1. The lowest BCUT2D eigenvalue weighted by atomic mass is 10.1. The summed E-state index contributed by atoms with van der Waals surface area (Å²) in [5.74, 6) is -2.47. The highest BCUT2D eigenvalue weighted by molar-refractivity contribution is 5.95. The number of carboxylic acids is 2. The van der Waals surface area contributed by atoms with Crippen LogP contribution in [0.15, 0.2) is 52.7 Å². The zero-order valence-electron chi connectivity index (χ0n) is 10.7. The predicted molar refractivity (Wildman–Crippen MR) is 75.4 cm³/mol. The van der Waals surface area contributed by atoms with Crippen molar-refractivity contribution in [3.05, 3.63) is 53.6 Å². The molecule has 0 aromatic heterocycles. The van der Waals surface area contributed by atoms with Gasteiger partial charge in [-0.2, -0.15) is 10.2 Å². The van der Waals surface area contributed by atoms with Crippen molar-refractivity contribution in [2.24, 2.45) is 10.2 Å². The molecule has 2 aromatic rings. The number of aromatic carboxylic acids is 2. The summed E-state index contributed by atoms with van der Waals surface area (Å²) in [6.45, 7) is 0. The molecule has 0 spiro atoms. The van der Waals surface area contributed by atoms with Gasteiger partial charge in [0.2, 0.25) is 0 Å². The molecule has 21 heavy (non-hydrogen) atoms. The number of nitrogens with two attached hydrogens (primary N) is 1. The summed E-state index contributed by atoms with van der Waals surface area (Å²) in [5, 5.41) is 25.7. The van der Waals surface area contributed by atoms with Crippen LogP contribution in [0.4, 0.5) is 17.1 Å². The SMILES string of the molecule is Nc1ccc(N=Nc2cc(C(=O)O)cc(C(=O)O)c2)cc1. The van der Waals surface area contributed by atoms with Gasteiger partial charge in [0.15, 0.2) is 0 Å². The van der Waals surface area contributed by atoms with E-state index in [1.165, 1.54) is 12.1 Å². The van der Waals surface area contributed by atoms with Gasteiger partial charge in [0, 0.05) is 5.69 Å². The van der Waals surface area contributed by atoms with E-state index in [0.717, 1.165) is 6.07 Å². The lowest BCUT2D eigenvalue weighted by molar-refractivity contribution is 0.0696. The number of azo groups is 1. The Kier molecular flexibility index (Phi) is 3.94. The number of hydrogen-bond acceptors (Lipinski definition) is 5. The lowest BCUT2D eigenvalue weighted by Gasteiger charge is -2.00. The summed E-state index contributed by atoms with van der Waals surface area (Å²) in [6, 6.07) is 10.1. The molecular formula is C14H11N3O4. The zero-order valence-corrected chi connectivity index (χ0v) is 10.7. The van der Waals surface area contributed by atoms with Gasteiger partial charge >= 0.3 is 11.9 Å². The number of carboxylic acid groups (broad SMARTS) is 2. The van der Waals surface area contributed by atoms with Crippen molar-refractivity contribution in [2.45, 2.75) is 0 Å². The van der Waals surface area contributed by atoms with Crippen LogP contribution in [-0.4, -0.2) is 22.2 Å². The fourth-order valence-electron chi connectivity index (χ4n) is 1.57. The van der Waals surface area contributed by atoms with Crippen LogP contribution in [0.25, 0.3) is 0 Å². The minimum absolute atomic E-state index is 0.143. The van der Waals surface area contributed by atoms with Gasteiger partial charge in [-0.1, -0.05) is 0 Å². The van der Waals surface area contributed by atoms with Crippen LogP contribution in [0.1, 0.15) is 20.7 Å². The second-order valence-corrected chi connectivity index (χ2v) is 4.17. The first kappa shape index (κ1) is 14.2. The highest BCUT2D eigenvalue weighted by atomic mass is 16.4. The summed E-state index contributed by atoms with van der Waals surface area (Å²) in [6.07, 6.45) is 0. The molecule has 0 aliphatic heterocycles. The largest absolute Gasteiger partial charge is 0.478 e. The zero-order chi connectivity index (χ0) is 15.4. The molecule has 106 valence electrons. The van der Waals surface area contributed by atoms with Crippen LogP contribution in [0.5, 0.6) is 0 Å². The van der Waals surface area contributed by atoms with Gasteiger partial charge in [0.25, 0.3) is 0 Å². The fraction of sp³-hybridized carbons (Fsp3) is 0. The Hall–Kier alpha value is -3.22. The van der Waals surface area contributed by atoms with Gasteiger partial charge < -0.3 is 15.9 Å². The van der Waals surface area contributed by atoms with Gasteiger partial charge in [-0.25, -0.2) is 9.59 Å². The van der Waals surface area contributed by atoms with Gasteiger partial charge in [-0.15, -0.1) is 0 Å². The number of hydrogen-bond donors (Lipinski definition) is 3. The number of anilines is 1. The Bertz CT molecular complexity index is 691. The standard InChI is InChI=1S/C14H11N3O4/c15-10-1-3-11(4-2-10)16-17-12-6-8(13(18)19)5-9(7-12)14(20)21/h1-7H,15H2,(H,18,19)(H,20,21). The average Bonchev–Trinajstić information content (AvgIpc) is 2.46. The Labute approximate surface area is 119 Å².